The normalized spacial score (nSPS) is 16.0. The van der Waals surface area contributed by atoms with Crippen molar-refractivity contribution in [3.63, 3.8) is 0 Å². The molecule has 2 rings (SSSR count). The van der Waals surface area contributed by atoms with Gasteiger partial charge in [-0.15, -0.1) is 0 Å². The van der Waals surface area contributed by atoms with Gasteiger partial charge < -0.3 is 14.9 Å². The number of carbonyl (C=O) groups excluding carboxylic acids is 1. The second-order valence-electron chi connectivity index (χ2n) is 5.63. The lowest BCUT2D eigenvalue weighted by atomic mass is 9.92. The van der Waals surface area contributed by atoms with Crippen molar-refractivity contribution < 1.29 is 14.7 Å². The molecule has 0 aliphatic carbocycles. The highest BCUT2D eigenvalue weighted by Crippen LogP contribution is 2.22. The molecular formula is C15H22N2O3S. The largest absolute Gasteiger partial charge is 0.481 e. The van der Waals surface area contributed by atoms with Crippen LogP contribution in [0.25, 0.3) is 0 Å². The lowest BCUT2D eigenvalue weighted by molar-refractivity contribution is -0.137. The van der Waals surface area contributed by atoms with Crippen LogP contribution in [0.15, 0.2) is 16.8 Å². The van der Waals surface area contributed by atoms with E-state index in [-0.39, 0.29) is 12.5 Å². The summed E-state index contributed by atoms with van der Waals surface area (Å²) in [6.07, 6.45) is 2.77. The van der Waals surface area contributed by atoms with E-state index < -0.39 is 5.97 Å². The number of hydrogen-bond acceptors (Lipinski definition) is 3. The lowest BCUT2D eigenvalue weighted by Gasteiger charge is -2.34. The van der Waals surface area contributed by atoms with Crippen molar-refractivity contribution in [3.05, 3.63) is 22.4 Å². The van der Waals surface area contributed by atoms with Gasteiger partial charge in [0.1, 0.15) is 0 Å². The SMILES string of the molecule is CN(Cc1ccsc1)C(=O)N1CCC(CCC(=O)O)CC1. The van der Waals surface area contributed by atoms with Crippen LogP contribution in [0.3, 0.4) is 0 Å². The van der Waals surface area contributed by atoms with Gasteiger partial charge in [0.25, 0.3) is 0 Å². The Bertz CT molecular complexity index is 467. The van der Waals surface area contributed by atoms with Crippen molar-refractivity contribution in [2.75, 3.05) is 20.1 Å². The molecule has 0 aromatic carbocycles. The highest BCUT2D eigenvalue weighted by atomic mass is 32.1. The summed E-state index contributed by atoms with van der Waals surface area (Å²) in [5.74, 6) is -0.295. The molecule has 1 fully saturated rings. The van der Waals surface area contributed by atoms with Gasteiger partial charge in [0, 0.05) is 33.1 Å². The number of carbonyl (C=O) groups is 2. The molecule has 0 atom stereocenters. The molecule has 0 spiro atoms. The van der Waals surface area contributed by atoms with E-state index in [1.807, 2.05) is 23.4 Å². The van der Waals surface area contributed by atoms with Gasteiger partial charge in [0.05, 0.1) is 0 Å². The molecule has 2 amide bonds. The second-order valence-corrected chi connectivity index (χ2v) is 6.41. The fourth-order valence-corrected chi connectivity index (χ4v) is 3.37. The molecule has 5 nitrogen and oxygen atoms in total. The van der Waals surface area contributed by atoms with Crippen LogP contribution >= 0.6 is 11.3 Å². The van der Waals surface area contributed by atoms with Crippen LogP contribution in [0.1, 0.15) is 31.2 Å². The monoisotopic (exact) mass is 310 g/mol. The van der Waals surface area contributed by atoms with Crippen molar-refractivity contribution in [1.29, 1.82) is 0 Å². The Morgan fingerprint density at radius 1 is 1.43 bits per heavy atom. The molecule has 1 aliphatic heterocycles. The zero-order valence-corrected chi connectivity index (χ0v) is 13.1. The van der Waals surface area contributed by atoms with E-state index in [0.29, 0.717) is 12.5 Å². The predicted octanol–water partition coefficient (Wildman–Crippen LogP) is 2.88. The third kappa shape index (κ3) is 4.74. The quantitative estimate of drug-likeness (QED) is 0.909. The van der Waals surface area contributed by atoms with Gasteiger partial charge in [-0.25, -0.2) is 4.79 Å². The fraction of sp³-hybridized carbons (Fsp3) is 0.600. The fourth-order valence-electron chi connectivity index (χ4n) is 2.71. The summed E-state index contributed by atoms with van der Waals surface area (Å²) >= 11 is 1.64. The summed E-state index contributed by atoms with van der Waals surface area (Å²) in [7, 11) is 1.83. The molecule has 2 heterocycles. The van der Waals surface area contributed by atoms with Gasteiger partial charge in [-0.1, -0.05) is 0 Å². The van der Waals surface area contributed by atoms with E-state index in [1.165, 1.54) is 0 Å². The number of carboxylic acid groups (broad SMARTS) is 1. The summed E-state index contributed by atoms with van der Waals surface area (Å²) in [5.41, 5.74) is 1.16. The summed E-state index contributed by atoms with van der Waals surface area (Å²) in [6.45, 7) is 2.11. The smallest absolute Gasteiger partial charge is 0.320 e. The van der Waals surface area contributed by atoms with Gasteiger partial charge in [-0.05, 0) is 47.6 Å². The molecule has 6 heteroatoms. The van der Waals surface area contributed by atoms with E-state index >= 15 is 0 Å². The van der Waals surface area contributed by atoms with Crippen LogP contribution in [0.4, 0.5) is 4.79 Å². The highest BCUT2D eigenvalue weighted by Gasteiger charge is 2.25. The van der Waals surface area contributed by atoms with Crippen LogP contribution in [-0.4, -0.2) is 47.0 Å². The summed E-state index contributed by atoms with van der Waals surface area (Å²) in [4.78, 5) is 26.6. The van der Waals surface area contributed by atoms with Crippen molar-refractivity contribution in [3.8, 4) is 0 Å². The Kier molecular flexibility index (Phi) is 5.61. The summed E-state index contributed by atoms with van der Waals surface area (Å²) in [6, 6.07) is 2.10. The number of piperidine rings is 1. The van der Waals surface area contributed by atoms with Crippen LogP contribution < -0.4 is 0 Å². The molecule has 1 aliphatic rings. The second kappa shape index (κ2) is 7.45. The van der Waals surface area contributed by atoms with E-state index in [2.05, 4.69) is 5.38 Å². The third-order valence-electron chi connectivity index (χ3n) is 3.98. The van der Waals surface area contributed by atoms with Crippen molar-refractivity contribution in [2.45, 2.75) is 32.2 Å². The minimum Gasteiger partial charge on any atom is -0.481 e. The first-order valence-electron chi connectivity index (χ1n) is 7.29. The van der Waals surface area contributed by atoms with Crippen molar-refractivity contribution in [2.24, 2.45) is 5.92 Å². The van der Waals surface area contributed by atoms with E-state index in [1.54, 1.807) is 16.2 Å². The van der Waals surface area contributed by atoms with Crippen LogP contribution in [-0.2, 0) is 11.3 Å². The molecule has 0 radical (unpaired) electrons. The Hall–Kier alpha value is -1.56. The number of likely N-dealkylation sites (tertiary alicyclic amines) is 1. The van der Waals surface area contributed by atoms with Gasteiger partial charge in [-0.2, -0.15) is 11.3 Å². The molecule has 1 aromatic heterocycles. The number of carboxylic acids is 1. The molecule has 1 N–H and O–H groups in total. The van der Waals surface area contributed by atoms with Crippen LogP contribution in [0.5, 0.6) is 0 Å². The van der Waals surface area contributed by atoms with Gasteiger partial charge in [-0.3, -0.25) is 4.79 Å². The number of nitrogens with zero attached hydrogens (tertiary/aromatic N) is 2. The maximum atomic E-state index is 12.4. The zero-order chi connectivity index (χ0) is 15.2. The van der Waals surface area contributed by atoms with Gasteiger partial charge in [0.15, 0.2) is 0 Å². The third-order valence-corrected chi connectivity index (χ3v) is 4.71. The zero-order valence-electron chi connectivity index (χ0n) is 12.3. The first-order valence-corrected chi connectivity index (χ1v) is 8.23. The number of amides is 2. The molecule has 21 heavy (non-hydrogen) atoms. The number of rotatable bonds is 5. The average molecular weight is 310 g/mol. The van der Waals surface area contributed by atoms with Gasteiger partial charge in [0.2, 0.25) is 0 Å². The first kappa shape index (κ1) is 15.8. The van der Waals surface area contributed by atoms with E-state index in [4.69, 9.17) is 5.11 Å². The van der Waals surface area contributed by atoms with E-state index in [9.17, 15) is 9.59 Å². The van der Waals surface area contributed by atoms with Gasteiger partial charge >= 0.3 is 12.0 Å². The predicted molar refractivity (Wildman–Crippen MR) is 82.3 cm³/mol. The molecule has 0 unspecified atom stereocenters. The van der Waals surface area contributed by atoms with Crippen LogP contribution in [0.2, 0.25) is 0 Å². The molecule has 1 aromatic rings. The maximum Gasteiger partial charge on any atom is 0.320 e. The minimum atomic E-state index is -0.732. The van der Waals surface area contributed by atoms with Crippen molar-refractivity contribution in [1.82, 2.24) is 9.80 Å². The Morgan fingerprint density at radius 3 is 2.71 bits per heavy atom. The topological polar surface area (TPSA) is 60.9 Å². The lowest BCUT2D eigenvalue weighted by Crippen LogP contribution is -2.45. The van der Waals surface area contributed by atoms with Crippen molar-refractivity contribution >= 4 is 23.3 Å². The minimum absolute atomic E-state index is 0.0675. The molecule has 116 valence electrons. The summed E-state index contributed by atoms with van der Waals surface area (Å²) < 4.78 is 0. The number of aliphatic carboxylic acids is 1. The van der Waals surface area contributed by atoms with Crippen LogP contribution in [0, 0.1) is 5.92 Å². The molecule has 0 saturated carbocycles. The van der Waals surface area contributed by atoms with E-state index in [0.717, 1.165) is 37.9 Å². The Morgan fingerprint density at radius 2 is 2.14 bits per heavy atom. The maximum absolute atomic E-state index is 12.4. The average Bonchev–Trinajstić information content (AvgIpc) is 2.97. The highest BCUT2D eigenvalue weighted by molar-refractivity contribution is 7.07. The summed E-state index contributed by atoms with van der Waals surface area (Å²) in [5, 5.41) is 12.8. The standard InChI is InChI=1S/C15H22N2O3S/c1-16(10-13-6-9-21-11-13)15(20)17-7-4-12(5-8-17)2-3-14(18)19/h6,9,11-12H,2-5,7-8,10H2,1H3,(H,18,19). The number of hydrogen-bond donors (Lipinski definition) is 1. The first-order chi connectivity index (χ1) is 10.1. The molecule has 0 bridgehead atoms. The number of urea groups is 1. The Balaban J connectivity index is 1.76. The Labute approximate surface area is 129 Å². The molecular weight excluding hydrogens is 288 g/mol. The molecule has 1 saturated heterocycles. The number of thiophene rings is 1.